The lowest BCUT2D eigenvalue weighted by atomic mass is 10.1. The van der Waals surface area contributed by atoms with Crippen molar-refractivity contribution in [3.8, 4) is 0 Å². The van der Waals surface area contributed by atoms with Gasteiger partial charge in [0.25, 0.3) is 11.6 Å². The van der Waals surface area contributed by atoms with Crippen LogP contribution in [0.5, 0.6) is 0 Å². The zero-order chi connectivity index (χ0) is 20.3. The number of nitro benzene ring substituents is 1. The second kappa shape index (κ2) is 8.04. The lowest BCUT2D eigenvalue weighted by Gasteiger charge is -2.10. The third kappa shape index (κ3) is 4.25. The maximum atomic E-state index is 12.5. The van der Waals surface area contributed by atoms with E-state index in [1.807, 2.05) is 48.9 Å². The first-order valence-electron chi connectivity index (χ1n) is 8.96. The summed E-state index contributed by atoms with van der Waals surface area (Å²) in [6.45, 7) is 6.57. The third-order valence-corrected chi connectivity index (χ3v) is 4.63. The molecule has 0 aliphatic carbocycles. The molecule has 0 saturated carbocycles. The molecule has 3 aromatic rings. The SMILES string of the molecule is Cc1cc(C)n(Cc2cccc(CNC(=O)c3cccc([N+](=O)[O-])c3C)c2)n1. The fraction of sp³-hybridized carbons (Fsp3) is 0.238. The number of aryl methyl sites for hydroxylation is 2. The van der Waals surface area contributed by atoms with Crippen LogP contribution in [0.15, 0.2) is 48.5 Å². The van der Waals surface area contributed by atoms with E-state index in [4.69, 9.17) is 0 Å². The molecule has 0 fully saturated rings. The van der Waals surface area contributed by atoms with E-state index in [0.717, 1.165) is 22.5 Å². The number of amides is 1. The molecule has 28 heavy (non-hydrogen) atoms. The fourth-order valence-electron chi connectivity index (χ4n) is 3.19. The number of nitrogens with zero attached hydrogens (tertiary/aromatic N) is 3. The first kappa shape index (κ1) is 19.3. The van der Waals surface area contributed by atoms with E-state index < -0.39 is 4.92 Å². The summed E-state index contributed by atoms with van der Waals surface area (Å²) in [6, 6.07) is 14.5. The van der Waals surface area contributed by atoms with Crippen LogP contribution in [0, 0.1) is 30.9 Å². The summed E-state index contributed by atoms with van der Waals surface area (Å²) >= 11 is 0. The number of hydrogen-bond donors (Lipinski definition) is 1. The Kier molecular flexibility index (Phi) is 5.54. The van der Waals surface area contributed by atoms with Gasteiger partial charge in [-0.05, 0) is 44.0 Å². The standard InChI is InChI=1S/C21H22N4O3/c1-14-10-15(2)24(23-14)13-18-7-4-6-17(11-18)12-22-21(26)19-8-5-9-20(16(19)3)25(27)28/h4-11H,12-13H2,1-3H3,(H,22,26). The summed E-state index contributed by atoms with van der Waals surface area (Å²) in [5.74, 6) is -0.329. The number of carbonyl (C=O) groups excluding carboxylic acids is 1. The maximum Gasteiger partial charge on any atom is 0.273 e. The largest absolute Gasteiger partial charge is 0.348 e. The highest BCUT2D eigenvalue weighted by atomic mass is 16.6. The molecule has 0 aliphatic heterocycles. The van der Waals surface area contributed by atoms with E-state index in [9.17, 15) is 14.9 Å². The molecule has 1 aromatic heterocycles. The van der Waals surface area contributed by atoms with Gasteiger partial charge in [0.15, 0.2) is 0 Å². The Morgan fingerprint density at radius 2 is 1.82 bits per heavy atom. The minimum atomic E-state index is -0.478. The number of nitrogens with one attached hydrogen (secondary N) is 1. The molecular formula is C21H22N4O3. The summed E-state index contributed by atoms with van der Waals surface area (Å²) in [5, 5.41) is 18.4. The van der Waals surface area contributed by atoms with Gasteiger partial charge in [-0.15, -0.1) is 0 Å². The normalized spacial score (nSPS) is 10.7. The Morgan fingerprint density at radius 1 is 1.11 bits per heavy atom. The van der Waals surface area contributed by atoms with Crippen LogP contribution in [-0.4, -0.2) is 20.6 Å². The molecule has 1 amide bonds. The molecule has 2 aromatic carbocycles. The highest BCUT2D eigenvalue weighted by Crippen LogP contribution is 2.21. The van der Waals surface area contributed by atoms with Gasteiger partial charge in [-0.25, -0.2) is 0 Å². The molecule has 1 heterocycles. The van der Waals surface area contributed by atoms with Crippen molar-refractivity contribution in [1.82, 2.24) is 15.1 Å². The van der Waals surface area contributed by atoms with Crippen molar-refractivity contribution in [1.29, 1.82) is 0 Å². The number of aromatic nitrogens is 2. The number of rotatable bonds is 6. The van der Waals surface area contributed by atoms with E-state index in [1.54, 1.807) is 13.0 Å². The fourth-order valence-corrected chi connectivity index (χ4v) is 3.19. The van der Waals surface area contributed by atoms with Crippen molar-refractivity contribution in [3.63, 3.8) is 0 Å². The predicted molar refractivity (Wildman–Crippen MR) is 106 cm³/mol. The number of carbonyl (C=O) groups is 1. The minimum absolute atomic E-state index is 0.0560. The summed E-state index contributed by atoms with van der Waals surface area (Å²) in [7, 11) is 0. The van der Waals surface area contributed by atoms with Crippen molar-refractivity contribution in [3.05, 3.63) is 92.3 Å². The summed E-state index contributed by atoms with van der Waals surface area (Å²) in [6.07, 6.45) is 0. The Labute approximate surface area is 163 Å². The van der Waals surface area contributed by atoms with Crippen LogP contribution in [0.3, 0.4) is 0 Å². The molecule has 7 nitrogen and oxygen atoms in total. The Balaban J connectivity index is 1.70. The molecule has 0 saturated heterocycles. The van der Waals surface area contributed by atoms with Crippen molar-refractivity contribution >= 4 is 11.6 Å². The van der Waals surface area contributed by atoms with E-state index in [1.165, 1.54) is 12.1 Å². The van der Waals surface area contributed by atoms with Crippen LogP contribution in [0.4, 0.5) is 5.69 Å². The van der Waals surface area contributed by atoms with Gasteiger partial charge in [0.05, 0.1) is 17.2 Å². The second-order valence-electron chi connectivity index (χ2n) is 6.79. The lowest BCUT2D eigenvalue weighted by molar-refractivity contribution is -0.385. The summed E-state index contributed by atoms with van der Waals surface area (Å²) in [5.41, 5.74) is 4.74. The van der Waals surface area contributed by atoms with Gasteiger partial charge in [-0.2, -0.15) is 5.10 Å². The van der Waals surface area contributed by atoms with Crippen molar-refractivity contribution in [2.75, 3.05) is 0 Å². The molecular weight excluding hydrogens is 356 g/mol. The monoisotopic (exact) mass is 378 g/mol. The van der Waals surface area contributed by atoms with Gasteiger partial charge in [0.2, 0.25) is 0 Å². The zero-order valence-corrected chi connectivity index (χ0v) is 16.1. The molecule has 7 heteroatoms. The van der Waals surface area contributed by atoms with E-state index in [-0.39, 0.29) is 11.6 Å². The molecule has 0 spiro atoms. The van der Waals surface area contributed by atoms with Crippen molar-refractivity contribution in [2.24, 2.45) is 0 Å². The quantitative estimate of drug-likeness (QED) is 0.523. The van der Waals surface area contributed by atoms with Crippen molar-refractivity contribution in [2.45, 2.75) is 33.9 Å². The first-order valence-corrected chi connectivity index (χ1v) is 8.96. The van der Waals surface area contributed by atoms with Crippen LogP contribution < -0.4 is 5.32 Å². The number of nitro groups is 1. The molecule has 0 atom stereocenters. The van der Waals surface area contributed by atoms with Crippen LogP contribution in [0.2, 0.25) is 0 Å². The minimum Gasteiger partial charge on any atom is -0.348 e. The van der Waals surface area contributed by atoms with Crippen LogP contribution in [-0.2, 0) is 13.1 Å². The van der Waals surface area contributed by atoms with E-state index in [2.05, 4.69) is 10.4 Å². The Bertz CT molecular complexity index is 1040. The van der Waals surface area contributed by atoms with Gasteiger partial charge in [0.1, 0.15) is 0 Å². The lowest BCUT2D eigenvalue weighted by Crippen LogP contribution is -2.24. The molecule has 0 radical (unpaired) electrons. The summed E-state index contributed by atoms with van der Waals surface area (Å²) in [4.78, 5) is 23.1. The molecule has 0 unspecified atom stereocenters. The summed E-state index contributed by atoms with van der Waals surface area (Å²) < 4.78 is 1.94. The number of hydrogen-bond acceptors (Lipinski definition) is 4. The van der Waals surface area contributed by atoms with Gasteiger partial charge in [0, 0.05) is 29.4 Å². The van der Waals surface area contributed by atoms with Crippen LogP contribution >= 0.6 is 0 Å². The van der Waals surface area contributed by atoms with Gasteiger partial charge in [-0.1, -0.05) is 30.3 Å². The van der Waals surface area contributed by atoms with Gasteiger partial charge < -0.3 is 5.32 Å². The van der Waals surface area contributed by atoms with Gasteiger partial charge in [-0.3, -0.25) is 19.6 Å². The second-order valence-corrected chi connectivity index (χ2v) is 6.79. The van der Waals surface area contributed by atoms with Gasteiger partial charge >= 0.3 is 0 Å². The smallest absolute Gasteiger partial charge is 0.273 e. The Morgan fingerprint density at radius 3 is 2.50 bits per heavy atom. The topological polar surface area (TPSA) is 90.1 Å². The van der Waals surface area contributed by atoms with Crippen LogP contribution in [0.1, 0.15) is 38.4 Å². The zero-order valence-electron chi connectivity index (χ0n) is 16.1. The average molecular weight is 378 g/mol. The first-order chi connectivity index (χ1) is 13.3. The molecule has 0 bridgehead atoms. The molecule has 1 N–H and O–H groups in total. The third-order valence-electron chi connectivity index (χ3n) is 4.63. The average Bonchev–Trinajstić information content (AvgIpc) is 2.97. The van der Waals surface area contributed by atoms with E-state index in [0.29, 0.717) is 24.2 Å². The van der Waals surface area contributed by atoms with E-state index >= 15 is 0 Å². The predicted octanol–water partition coefficient (Wildman–Crippen LogP) is 3.69. The Hall–Kier alpha value is -3.48. The van der Waals surface area contributed by atoms with Crippen molar-refractivity contribution < 1.29 is 9.72 Å². The highest BCUT2D eigenvalue weighted by Gasteiger charge is 2.17. The highest BCUT2D eigenvalue weighted by molar-refractivity contribution is 5.96. The van der Waals surface area contributed by atoms with Crippen LogP contribution in [0.25, 0.3) is 0 Å². The molecule has 3 rings (SSSR count). The number of benzene rings is 2. The molecule has 0 aliphatic rings. The maximum absolute atomic E-state index is 12.5. The molecule has 144 valence electrons.